The van der Waals surface area contributed by atoms with Gasteiger partial charge < -0.3 is 18.2 Å². The molecule has 3 heterocycles. The molecule has 0 spiro atoms. The number of rotatable bonds is 5. The second-order valence-electron chi connectivity index (χ2n) is 12.0. The number of oxazole rings is 1. The van der Waals surface area contributed by atoms with Crippen LogP contribution in [0.1, 0.15) is 0 Å². The third-order valence-corrected chi connectivity index (χ3v) is 9.10. The van der Waals surface area contributed by atoms with Crippen molar-refractivity contribution in [2.24, 2.45) is 0 Å². The number of furan rings is 2. The lowest BCUT2D eigenvalue weighted by Gasteiger charge is -2.25. The summed E-state index contributed by atoms with van der Waals surface area (Å²) >= 11 is 0. The summed E-state index contributed by atoms with van der Waals surface area (Å²) < 4.78 is 18.9. The zero-order valence-corrected chi connectivity index (χ0v) is 25.6. The fourth-order valence-corrected chi connectivity index (χ4v) is 6.81. The number of hydrogen-bond acceptors (Lipinski definition) is 5. The number of nitrogens with zero attached hydrogens (tertiary/aromatic N) is 2. The minimum atomic E-state index is 0.599. The fraction of sp³-hybridized carbons (Fsp3) is 0. The van der Waals surface area contributed by atoms with Crippen molar-refractivity contribution in [2.45, 2.75) is 0 Å². The second-order valence-corrected chi connectivity index (χ2v) is 12.0. The van der Waals surface area contributed by atoms with Crippen molar-refractivity contribution in [3.05, 3.63) is 158 Å². The van der Waals surface area contributed by atoms with Crippen LogP contribution < -0.4 is 4.90 Å². The lowest BCUT2D eigenvalue weighted by Crippen LogP contribution is -2.09. The van der Waals surface area contributed by atoms with Crippen LogP contribution in [-0.2, 0) is 0 Å². The van der Waals surface area contributed by atoms with Crippen molar-refractivity contribution in [3.8, 4) is 22.6 Å². The molecular formula is C43H26N2O3. The van der Waals surface area contributed by atoms with E-state index in [1.54, 1.807) is 0 Å². The van der Waals surface area contributed by atoms with Crippen LogP contribution in [0.3, 0.4) is 0 Å². The first-order chi connectivity index (χ1) is 23.8. The Hall–Kier alpha value is -6.59. The van der Waals surface area contributed by atoms with E-state index in [1.807, 2.05) is 72.8 Å². The number of fused-ring (bicyclic) bond motifs is 8. The summed E-state index contributed by atoms with van der Waals surface area (Å²) in [7, 11) is 0. The van der Waals surface area contributed by atoms with E-state index in [-0.39, 0.29) is 0 Å². The van der Waals surface area contributed by atoms with Gasteiger partial charge in [-0.1, -0.05) is 72.8 Å². The van der Waals surface area contributed by atoms with Gasteiger partial charge in [-0.2, -0.15) is 0 Å². The monoisotopic (exact) mass is 618 g/mol. The highest BCUT2D eigenvalue weighted by Gasteiger charge is 2.18. The Labute approximate surface area is 274 Å². The molecule has 0 saturated carbocycles. The van der Waals surface area contributed by atoms with Crippen LogP contribution >= 0.6 is 0 Å². The van der Waals surface area contributed by atoms with Crippen LogP contribution in [0, 0.1) is 0 Å². The Morgan fingerprint density at radius 2 is 1.04 bits per heavy atom. The summed E-state index contributed by atoms with van der Waals surface area (Å²) in [4.78, 5) is 7.04. The van der Waals surface area contributed by atoms with Gasteiger partial charge in [0.25, 0.3) is 0 Å². The third-order valence-electron chi connectivity index (χ3n) is 9.10. The molecule has 0 aliphatic rings. The summed E-state index contributed by atoms with van der Waals surface area (Å²) in [5.74, 6) is 0.599. The first-order valence-electron chi connectivity index (χ1n) is 15.9. The smallest absolute Gasteiger partial charge is 0.227 e. The van der Waals surface area contributed by atoms with Gasteiger partial charge in [-0.25, -0.2) is 4.98 Å². The van der Waals surface area contributed by atoms with Gasteiger partial charge in [-0.3, -0.25) is 0 Å². The van der Waals surface area contributed by atoms with Crippen LogP contribution in [0.2, 0.25) is 0 Å². The molecule has 0 saturated heterocycles. The number of para-hydroxylation sites is 2. The predicted molar refractivity (Wildman–Crippen MR) is 194 cm³/mol. The van der Waals surface area contributed by atoms with Crippen LogP contribution in [-0.4, -0.2) is 4.98 Å². The van der Waals surface area contributed by atoms with Gasteiger partial charge in [-0.15, -0.1) is 0 Å². The molecule has 7 aromatic carbocycles. The van der Waals surface area contributed by atoms with Crippen LogP contribution in [0.15, 0.2) is 171 Å². The standard InChI is InChI=1S/C43H26N2O3/c1-3-9-28(10-4-1)43-44-36-22-24-39-41(42(36)48-43)35-25-29(17-23-38(35)46-39)27-15-18-31(19-16-27)45(30-11-5-2-6-12-30)32-20-21-34-33-13-7-8-14-37(33)47-40(34)26-32/h1-26H. The summed E-state index contributed by atoms with van der Waals surface area (Å²) in [5, 5.41) is 4.17. The molecule has 0 aliphatic carbocycles. The molecule has 0 bridgehead atoms. The van der Waals surface area contributed by atoms with Crippen molar-refractivity contribution in [3.63, 3.8) is 0 Å². The Morgan fingerprint density at radius 1 is 0.396 bits per heavy atom. The molecule has 0 aliphatic heterocycles. The largest absolute Gasteiger partial charge is 0.456 e. The van der Waals surface area contributed by atoms with E-state index in [4.69, 9.17) is 18.2 Å². The van der Waals surface area contributed by atoms with E-state index in [2.05, 4.69) is 89.8 Å². The molecule has 0 unspecified atom stereocenters. The molecular weight excluding hydrogens is 592 g/mol. The van der Waals surface area contributed by atoms with Crippen molar-refractivity contribution in [1.29, 1.82) is 0 Å². The summed E-state index contributed by atoms with van der Waals surface area (Å²) in [6.45, 7) is 0. The lowest BCUT2D eigenvalue weighted by molar-refractivity contribution is 0.622. The maximum absolute atomic E-state index is 6.37. The van der Waals surface area contributed by atoms with Gasteiger partial charge in [-0.05, 0) is 90.0 Å². The van der Waals surface area contributed by atoms with Crippen molar-refractivity contribution >= 4 is 72.0 Å². The van der Waals surface area contributed by atoms with Gasteiger partial charge in [0.2, 0.25) is 5.89 Å². The van der Waals surface area contributed by atoms with Crippen molar-refractivity contribution in [1.82, 2.24) is 4.98 Å². The van der Waals surface area contributed by atoms with Gasteiger partial charge in [0.15, 0.2) is 5.58 Å². The molecule has 5 nitrogen and oxygen atoms in total. The number of hydrogen-bond donors (Lipinski definition) is 0. The Bertz CT molecular complexity index is 2770. The van der Waals surface area contributed by atoms with Gasteiger partial charge in [0.1, 0.15) is 27.8 Å². The van der Waals surface area contributed by atoms with E-state index in [0.29, 0.717) is 5.89 Å². The van der Waals surface area contributed by atoms with Crippen LogP contribution in [0.4, 0.5) is 17.1 Å². The lowest BCUT2D eigenvalue weighted by atomic mass is 10.0. The van der Waals surface area contributed by atoms with Crippen molar-refractivity contribution < 1.29 is 13.3 Å². The molecule has 0 radical (unpaired) electrons. The number of aromatic nitrogens is 1. The third kappa shape index (κ3) is 4.22. The molecule has 5 heteroatoms. The molecule has 0 N–H and O–H groups in total. The van der Waals surface area contributed by atoms with E-state index in [0.717, 1.165) is 88.7 Å². The SMILES string of the molecule is c1ccc(-c2nc3ccc4oc5ccc(-c6ccc(N(c7ccccc7)c7ccc8c(c7)oc7ccccc78)cc6)cc5c4c3o2)cc1. The van der Waals surface area contributed by atoms with Gasteiger partial charge >= 0.3 is 0 Å². The van der Waals surface area contributed by atoms with Crippen LogP contribution in [0.5, 0.6) is 0 Å². The van der Waals surface area contributed by atoms with Gasteiger partial charge in [0.05, 0.1) is 5.39 Å². The summed E-state index contributed by atoms with van der Waals surface area (Å²) in [6, 6.07) is 54.0. The normalized spacial score (nSPS) is 11.8. The highest BCUT2D eigenvalue weighted by molar-refractivity contribution is 6.17. The fourth-order valence-electron chi connectivity index (χ4n) is 6.81. The van der Waals surface area contributed by atoms with Crippen molar-refractivity contribution in [2.75, 3.05) is 4.90 Å². The van der Waals surface area contributed by atoms with E-state index >= 15 is 0 Å². The first-order valence-corrected chi connectivity index (χ1v) is 15.9. The molecule has 0 amide bonds. The van der Waals surface area contributed by atoms with E-state index < -0.39 is 0 Å². The average Bonchev–Trinajstić information content (AvgIpc) is 3.85. The minimum Gasteiger partial charge on any atom is -0.456 e. The van der Waals surface area contributed by atoms with E-state index in [9.17, 15) is 0 Å². The first kappa shape index (κ1) is 26.6. The molecule has 226 valence electrons. The second kappa shape index (κ2) is 10.5. The van der Waals surface area contributed by atoms with Crippen LogP contribution in [0.25, 0.3) is 77.6 Å². The Morgan fingerprint density at radius 3 is 1.90 bits per heavy atom. The highest BCUT2D eigenvalue weighted by atomic mass is 16.4. The number of benzene rings is 7. The quantitative estimate of drug-likeness (QED) is 0.192. The average molecular weight is 619 g/mol. The molecule has 3 aromatic heterocycles. The summed E-state index contributed by atoms with van der Waals surface area (Å²) in [5.41, 5.74) is 11.2. The molecule has 10 aromatic rings. The predicted octanol–water partition coefficient (Wildman–Crippen LogP) is 12.4. The maximum atomic E-state index is 6.37. The minimum absolute atomic E-state index is 0.599. The summed E-state index contributed by atoms with van der Waals surface area (Å²) in [6.07, 6.45) is 0. The zero-order valence-electron chi connectivity index (χ0n) is 25.6. The van der Waals surface area contributed by atoms with Gasteiger partial charge in [0, 0.05) is 44.9 Å². The van der Waals surface area contributed by atoms with E-state index in [1.165, 1.54) is 0 Å². The number of anilines is 3. The maximum Gasteiger partial charge on any atom is 0.227 e. The zero-order chi connectivity index (χ0) is 31.6. The highest BCUT2D eigenvalue weighted by Crippen LogP contribution is 2.41. The molecule has 10 rings (SSSR count). The Kier molecular flexibility index (Phi) is 5.81. The molecule has 48 heavy (non-hydrogen) atoms. The topological polar surface area (TPSA) is 55.6 Å². The molecule has 0 atom stereocenters. The Balaban J connectivity index is 1.06. The molecule has 0 fully saturated rings.